The molecule has 0 aliphatic carbocycles. The third-order valence-electron chi connectivity index (χ3n) is 2.09. The van der Waals surface area contributed by atoms with E-state index in [2.05, 4.69) is 6.58 Å². The number of carbonyl (C=O) groups excluding carboxylic acids is 1. The van der Waals surface area contributed by atoms with Crippen molar-refractivity contribution in [3.8, 4) is 0 Å². The van der Waals surface area contributed by atoms with Crippen LogP contribution < -0.4 is 0 Å². The van der Waals surface area contributed by atoms with Crippen LogP contribution in [0.5, 0.6) is 0 Å². The maximum atomic E-state index is 11.8. The zero-order valence-corrected chi connectivity index (χ0v) is 11.0. The molecule has 0 amide bonds. The number of alkyl halides is 1. The maximum Gasteiger partial charge on any atom is 0.182 e. The van der Waals surface area contributed by atoms with Crippen LogP contribution in [0.2, 0.25) is 0 Å². The molecule has 1 rings (SSSR count). The zero-order chi connectivity index (χ0) is 13.1. The Balaban J connectivity index is 3.03. The van der Waals surface area contributed by atoms with Gasteiger partial charge >= 0.3 is 0 Å². The van der Waals surface area contributed by atoms with E-state index in [1.165, 1.54) is 24.3 Å². The summed E-state index contributed by atoms with van der Waals surface area (Å²) in [6.45, 7) is 5.23. The van der Waals surface area contributed by atoms with Crippen molar-refractivity contribution in [3.63, 3.8) is 0 Å². The van der Waals surface area contributed by atoms with Gasteiger partial charge in [0.2, 0.25) is 0 Å². The first-order chi connectivity index (χ1) is 7.86. The summed E-state index contributed by atoms with van der Waals surface area (Å²) in [6, 6.07) is 5.77. The van der Waals surface area contributed by atoms with Crippen LogP contribution in [0.25, 0.3) is 0 Å². The Morgan fingerprint density at radius 1 is 1.29 bits per heavy atom. The lowest BCUT2D eigenvalue weighted by molar-refractivity contribution is 0.102. The number of hydrogen-bond acceptors (Lipinski definition) is 3. The van der Waals surface area contributed by atoms with Crippen LogP contribution in [-0.2, 0) is 9.84 Å². The minimum Gasteiger partial charge on any atom is -0.293 e. The Morgan fingerprint density at radius 2 is 1.82 bits per heavy atom. The molecule has 92 valence electrons. The number of hydrogen-bond donors (Lipinski definition) is 0. The smallest absolute Gasteiger partial charge is 0.182 e. The summed E-state index contributed by atoms with van der Waals surface area (Å²) in [5, 5.41) is 0. The maximum absolute atomic E-state index is 11.8. The standard InChI is InChI=1S/C12H13ClO3S/c1-9(2)8-17(15,16)11-5-3-10(4-6-11)12(14)7-13/h3-6H,1,7-8H2,2H3. The molecule has 0 saturated carbocycles. The fourth-order valence-electron chi connectivity index (χ4n) is 1.33. The number of benzene rings is 1. The molecule has 0 fully saturated rings. The van der Waals surface area contributed by atoms with E-state index in [0.717, 1.165) is 0 Å². The molecule has 0 atom stereocenters. The quantitative estimate of drug-likeness (QED) is 0.470. The van der Waals surface area contributed by atoms with Gasteiger partial charge in [0.15, 0.2) is 15.6 Å². The fourth-order valence-corrected chi connectivity index (χ4v) is 2.85. The van der Waals surface area contributed by atoms with Gasteiger partial charge in [-0.1, -0.05) is 24.3 Å². The highest BCUT2D eigenvalue weighted by atomic mass is 35.5. The molecule has 0 aliphatic rings. The Morgan fingerprint density at radius 3 is 2.24 bits per heavy atom. The van der Waals surface area contributed by atoms with Crippen molar-refractivity contribution in [1.29, 1.82) is 0 Å². The van der Waals surface area contributed by atoms with Crippen LogP contribution in [0, 0.1) is 0 Å². The van der Waals surface area contributed by atoms with Gasteiger partial charge in [-0.25, -0.2) is 8.42 Å². The Kier molecular flexibility index (Phi) is 4.48. The predicted octanol–water partition coefficient (Wildman–Crippen LogP) is 2.46. The summed E-state index contributed by atoms with van der Waals surface area (Å²) in [4.78, 5) is 11.4. The lowest BCUT2D eigenvalue weighted by Gasteiger charge is -2.04. The summed E-state index contributed by atoms with van der Waals surface area (Å²) in [5.74, 6) is -0.427. The molecule has 1 aromatic rings. The van der Waals surface area contributed by atoms with Crippen molar-refractivity contribution >= 4 is 27.2 Å². The lowest BCUT2D eigenvalue weighted by Crippen LogP contribution is -2.08. The number of sulfone groups is 1. The molecule has 1 aromatic carbocycles. The van der Waals surface area contributed by atoms with Crippen LogP contribution in [0.3, 0.4) is 0 Å². The average Bonchev–Trinajstić information content (AvgIpc) is 2.26. The molecule has 17 heavy (non-hydrogen) atoms. The summed E-state index contributed by atoms with van der Waals surface area (Å²) in [6.07, 6.45) is 0. The van der Waals surface area contributed by atoms with Crippen LogP contribution in [-0.4, -0.2) is 25.8 Å². The summed E-state index contributed by atoms with van der Waals surface area (Å²) in [7, 11) is -3.35. The molecule has 0 radical (unpaired) electrons. The van der Waals surface area contributed by atoms with E-state index in [0.29, 0.717) is 11.1 Å². The van der Waals surface area contributed by atoms with E-state index in [4.69, 9.17) is 11.6 Å². The summed E-state index contributed by atoms with van der Waals surface area (Å²) in [5.41, 5.74) is 0.986. The van der Waals surface area contributed by atoms with Gasteiger partial charge in [0.1, 0.15) is 0 Å². The van der Waals surface area contributed by atoms with Crippen LogP contribution in [0.4, 0.5) is 0 Å². The highest BCUT2D eigenvalue weighted by Gasteiger charge is 2.15. The van der Waals surface area contributed by atoms with E-state index < -0.39 is 9.84 Å². The van der Waals surface area contributed by atoms with Gasteiger partial charge in [-0.2, -0.15) is 0 Å². The van der Waals surface area contributed by atoms with Crippen molar-refractivity contribution < 1.29 is 13.2 Å². The van der Waals surface area contributed by atoms with Crippen LogP contribution >= 0.6 is 11.6 Å². The fraction of sp³-hybridized carbons (Fsp3) is 0.250. The van der Waals surface area contributed by atoms with Crippen molar-refractivity contribution in [2.45, 2.75) is 11.8 Å². The highest BCUT2D eigenvalue weighted by Crippen LogP contribution is 2.15. The van der Waals surface area contributed by atoms with Gasteiger partial charge < -0.3 is 0 Å². The van der Waals surface area contributed by atoms with Crippen molar-refractivity contribution in [3.05, 3.63) is 42.0 Å². The molecule has 0 N–H and O–H groups in total. The lowest BCUT2D eigenvalue weighted by atomic mass is 10.1. The summed E-state index contributed by atoms with van der Waals surface area (Å²) < 4.78 is 23.6. The van der Waals surface area contributed by atoms with Gasteiger partial charge in [-0.3, -0.25) is 4.79 Å². The average molecular weight is 273 g/mol. The molecule has 0 aliphatic heterocycles. The van der Waals surface area contributed by atoms with E-state index in [-0.39, 0.29) is 22.3 Å². The first kappa shape index (κ1) is 13.9. The molecule has 0 spiro atoms. The first-order valence-corrected chi connectivity index (χ1v) is 7.12. The molecule has 0 bridgehead atoms. The third kappa shape index (κ3) is 3.68. The number of ketones is 1. The molecule has 3 nitrogen and oxygen atoms in total. The number of halogens is 1. The van der Waals surface area contributed by atoms with E-state index >= 15 is 0 Å². The molecular formula is C12H13ClO3S. The molecule has 0 saturated heterocycles. The second-order valence-electron chi connectivity index (χ2n) is 3.80. The van der Waals surface area contributed by atoms with Crippen LogP contribution in [0.15, 0.2) is 41.3 Å². The topological polar surface area (TPSA) is 51.2 Å². The van der Waals surface area contributed by atoms with Gasteiger partial charge in [0, 0.05) is 5.56 Å². The monoisotopic (exact) mass is 272 g/mol. The molecule has 5 heteroatoms. The Labute approximate surface area is 106 Å². The Bertz CT molecular complexity index is 529. The first-order valence-electron chi connectivity index (χ1n) is 4.93. The van der Waals surface area contributed by atoms with Gasteiger partial charge in [0.25, 0.3) is 0 Å². The number of Topliss-reactive ketones (excluding diaryl/α,β-unsaturated/α-hetero) is 1. The molecule has 0 heterocycles. The SMILES string of the molecule is C=C(C)CS(=O)(=O)c1ccc(C(=O)CCl)cc1. The molecular weight excluding hydrogens is 260 g/mol. The van der Waals surface area contributed by atoms with E-state index in [1.54, 1.807) is 6.92 Å². The second-order valence-corrected chi connectivity index (χ2v) is 6.05. The van der Waals surface area contributed by atoms with Crippen molar-refractivity contribution in [2.24, 2.45) is 0 Å². The van der Waals surface area contributed by atoms with Crippen LogP contribution in [0.1, 0.15) is 17.3 Å². The minimum absolute atomic E-state index is 0.0875. The number of carbonyl (C=O) groups is 1. The van der Waals surface area contributed by atoms with Gasteiger partial charge in [0.05, 0.1) is 16.5 Å². The third-order valence-corrected chi connectivity index (χ3v) is 4.20. The minimum atomic E-state index is -3.35. The number of rotatable bonds is 5. The van der Waals surface area contributed by atoms with Gasteiger partial charge in [-0.15, -0.1) is 11.6 Å². The van der Waals surface area contributed by atoms with Crippen molar-refractivity contribution in [2.75, 3.05) is 11.6 Å². The largest absolute Gasteiger partial charge is 0.293 e. The zero-order valence-electron chi connectivity index (χ0n) is 9.44. The summed E-state index contributed by atoms with van der Waals surface area (Å²) >= 11 is 5.41. The second kappa shape index (κ2) is 5.47. The van der Waals surface area contributed by atoms with E-state index in [1.807, 2.05) is 0 Å². The molecule has 0 aromatic heterocycles. The predicted molar refractivity (Wildman–Crippen MR) is 68.4 cm³/mol. The Hall–Kier alpha value is -1.13. The van der Waals surface area contributed by atoms with E-state index in [9.17, 15) is 13.2 Å². The highest BCUT2D eigenvalue weighted by molar-refractivity contribution is 7.91. The molecule has 0 unspecified atom stereocenters. The van der Waals surface area contributed by atoms with Gasteiger partial charge in [-0.05, 0) is 19.1 Å². The normalized spacial score (nSPS) is 11.2. The van der Waals surface area contributed by atoms with Crippen molar-refractivity contribution in [1.82, 2.24) is 0 Å².